The molecule has 288 valence electrons. The monoisotopic (exact) mass is 714 g/mol. The van der Waals surface area contributed by atoms with Crippen molar-refractivity contribution in [1.29, 1.82) is 0 Å². The van der Waals surface area contributed by atoms with Crippen LogP contribution < -0.4 is 5.32 Å². The molecule has 52 heavy (non-hydrogen) atoms. The summed E-state index contributed by atoms with van der Waals surface area (Å²) in [5.74, 6) is 4.01. The van der Waals surface area contributed by atoms with Crippen LogP contribution in [-0.2, 0) is 4.79 Å². The van der Waals surface area contributed by atoms with Gasteiger partial charge in [-0.25, -0.2) is 4.79 Å². The summed E-state index contributed by atoms with van der Waals surface area (Å²) in [4.78, 5) is 28.5. The van der Waals surface area contributed by atoms with Crippen LogP contribution in [0.4, 0.5) is 0 Å². The van der Waals surface area contributed by atoms with E-state index in [0.717, 1.165) is 69.1 Å². The van der Waals surface area contributed by atoms with E-state index in [4.69, 9.17) is 0 Å². The molecule has 1 aromatic rings. The van der Waals surface area contributed by atoms with E-state index in [1.165, 1.54) is 62.5 Å². The number of carbonyl (C=O) groups excluding carboxylic acids is 1. The van der Waals surface area contributed by atoms with Crippen LogP contribution in [0.1, 0.15) is 135 Å². The van der Waals surface area contributed by atoms with Crippen molar-refractivity contribution in [3.63, 3.8) is 0 Å². The summed E-state index contributed by atoms with van der Waals surface area (Å²) >= 11 is 0. The molecule has 1 aromatic carbocycles. The molecule has 1 amide bonds. The SMILES string of the molecule is CC(C)[C@@H]1CC[C@]2(NCCN3CCC(C(=O)N(C)C)CC3)CC[C@]3(C)[C@H](CC[C@@H]4[C@@]5(C)CC=C(c6ccc(C(=O)O)cc6)C(C)(C)[C@@H]5CC[C@]43C)[C@@H]12. The van der Waals surface area contributed by atoms with Gasteiger partial charge in [0.15, 0.2) is 0 Å². The fraction of sp³-hybridized carbons (Fsp3) is 0.783. The molecule has 1 heterocycles. The Kier molecular flexibility index (Phi) is 9.92. The number of benzene rings is 1. The summed E-state index contributed by atoms with van der Waals surface area (Å²) in [5, 5.41) is 13.9. The van der Waals surface area contributed by atoms with Crippen molar-refractivity contribution in [2.45, 2.75) is 125 Å². The maximum atomic E-state index is 12.6. The molecule has 1 aliphatic heterocycles. The van der Waals surface area contributed by atoms with Gasteiger partial charge in [-0.2, -0.15) is 0 Å². The second kappa shape index (κ2) is 13.5. The second-order valence-corrected chi connectivity index (χ2v) is 20.5. The number of amides is 1. The number of carboxylic acid groups (broad SMARTS) is 1. The lowest BCUT2D eigenvalue weighted by Gasteiger charge is -2.72. The van der Waals surface area contributed by atoms with Gasteiger partial charge in [-0.1, -0.05) is 66.7 Å². The molecule has 2 N–H and O–H groups in total. The molecule has 6 heteroatoms. The first kappa shape index (κ1) is 38.1. The van der Waals surface area contributed by atoms with E-state index in [0.29, 0.717) is 34.1 Å². The third kappa shape index (κ3) is 5.85. The van der Waals surface area contributed by atoms with Crippen molar-refractivity contribution in [3.05, 3.63) is 41.5 Å². The van der Waals surface area contributed by atoms with Crippen LogP contribution >= 0.6 is 0 Å². The minimum absolute atomic E-state index is 0.0355. The number of allylic oxidation sites excluding steroid dienone is 2. The normalized spacial score (nSPS) is 40.3. The van der Waals surface area contributed by atoms with Gasteiger partial charge in [0.25, 0.3) is 0 Å². The standard InChI is InChI=1S/C46H71N3O3/c1-30(2)34-16-23-46(47-26-29-49-27-19-32(20-28-49)40(50)48(8)9)25-24-44(6)36(39(34)46)14-15-38-43(5)21-17-35(31-10-12-33(13-11-31)41(51)52)42(3,4)37(43)18-22-45(38,44)7/h10-13,17,30,32,34,36-39,47H,14-16,18-29H2,1-9H3,(H,51,52)/t34-,36+,37-,38+,39+,43-,44+,45+,46-/m0/s1. The van der Waals surface area contributed by atoms with Gasteiger partial charge < -0.3 is 20.2 Å². The van der Waals surface area contributed by atoms with Gasteiger partial charge in [-0.05, 0) is 164 Å². The number of nitrogens with one attached hydrogen (secondary N) is 1. The lowest BCUT2D eigenvalue weighted by Crippen LogP contribution is -2.68. The van der Waals surface area contributed by atoms with Crippen LogP contribution in [-0.4, -0.2) is 72.6 Å². The van der Waals surface area contributed by atoms with Gasteiger partial charge in [0.1, 0.15) is 0 Å². The summed E-state index contributed by atoms with van der Waals surface area (Å²) in [7, 11) is 3.79. The van der Waals surface area contributed by atoms with Crippen molar-refractivity contribution in [3.8, 4) is 0 Å². The van der Waals surface area contributed by atoms with Crippen molar-refractivity contribution < 1.29 is 14.7 Å². The molecule has 0 unspecified atom stereocenters. The molecule has 0 radical (unpaired) electrons. The second-order valence-electron chi connectivity index (χ2n) is 20.5. The molecule has 6 aliphatic rings. The zero-order chi connectivity index (χ0) is 37.4. The number of hydrogen-bond acceptors (Lipinski definition) is 4. The largest absolute Gasteiger partial charge is 0.478 e. The first-order valence-electron chi connectivity index (χ1n) is 21.2. The number of carbonyl (C=O) groups is 2. The van der Waals surface area contributed by atoms with E-state index in [-0.39, 0.29) is 22.3 Å². The molecule has 5 aliphatic carbocycles. The Morgan fingerprint density at radius 2 is 1.56 bits per heavy atom. The Hall–Kier alpha value is -2.18. The van der Waals surface area contributed by atoms with E-state index in [1.54, 1.807) is 17.0 Å². The van der Waals surface area contributed by atoms with Crippen LogP contribution in [0.2, 0.25) is 0 Å². The first-order valence-corrected chi connectivity index (χ1v) is 21.2. The molecule has 0 bridgehead atoms. The first-order chi connectivity index (χ1) is 24.5. The van der Waals surface area contributed by atoms with Gasteiger partial charge in [0.05, 0.1) is 5.56 Å². The van der Waals surface area contributed by atoms with E-state index < -0.39 is 5.97 Å². The summed E-state index contributed by atoms with van der Waals surface area (Å²) in [6.45, 7) is 22.4. The van der Waals surface area contributed by atoms with Crippen LogP contribution in [0, 0.1) is 63.1 Å². The van der Waals surface area contributed by atoms with Gasteiger partial charge in [0, 0.05) is 38.6 Å². The zero-order valence-corrected chi connectivity index (χ0v) is 34.2. The van der Waals surface area contributed by atoms with Crippen LogP contribution in [0.25, 0.3) is 5.57 Å². The smallest absolute Gasteiger partial charge is 0.335 e. The molecular weight excluding hydrogens is 643 g/mol. The number of carboxylic acids is 1. The number of nitrogens with zero attached hydrogens (tertiary/aromatic N) is 2. The quantitative estimate of drug-likeness (QED) is 0.281. The topological polar surface area (TPSA) is 72.9 Å². The van der Waals surface area contributed by atoms with Crippen LogP contribution in [0.3, 0.4) is 0 Å². The molecule has 5 fully saturated rings. The number of likely N-dealkylation sites (tertiary alicyclic amines) is 1. The number of piperidine rings is 1. The Morgan fingerprint density at radius 3 is 2.19 bits per heavy atom. The van der Waals surface area contributed by atoms with Gasteiger partial charge in [-0.3, -0.25) is 4.79 Å². The highest BCUT2D eigenvalue weighted by Crippen LogP contribution is 2.76. The van der Waals surface area contributed by atoms with E-state index >= 15 is 0 Å². The molecular formula is C46H71N3O3. The minimum atomic E-state index is -0.856. The van der Waals surface area contributed by atoms with E-state index in [2.05, 4.69) is 64.8 Å². The van der Waals surface area contributed by atoms with Crippen molar-refractivity contribution in [1.82, 2.24) is 15.1 Å². The Bertz CT molecular complexity index is 1540. The average molecular weight is 714 g/mol. The van der Waals surface area contributed by atoms with Crippen molar-refractivity contribution in [2.75, 3.05) is 40.3 Å². The molecule has 7 rings (SSSR count). The lowest BCUT2D eigenvalue weighted by molar-refractivity contribution is -0.221. The summed E-state index contributed by atoms with van der Waals surface area (Å²) in [6.07, 6.45) is 16.4. The Morgan fingerprint density at radius 1 is 0.865 bits per heavy atom. The highest BCUT2D eigenvalue weighted by atomic mass is 16.4. The molecule has 9 atom stereocenters. The molecule has 1 saturated heterocycles. The number of aromatic carboxylic acids is 1. The van der Waals surface area contributed by atoms with Gasteiger partial charge in [-0.15, -0.1) is 0 Å². The van der Waals surface area contributed by atoms with Crippen LogP contribution in [0.5, 0.6) is 0 Å². The fourth-order valence-electron chi connectivity index (χ4n) is 14.8. The zero-order valence-electron chi connectivity index (χ0n) is 34.2. The molecule has 6 nitrogen and oxygen atoms in total. The van der Waals surface area contributed by atoms with E-state index in [1.807, 2.05) is 26.2 Å². The molecule has 0 aromatic heterocycles. The predicted molar refractivity (Wildman–Crippen MR) is 212 cm³/mol. The summed E-state index contributed by atoms with van der Waals surface area (Å²) in [5.41, 5.74) is 4.22. The lowest BCUT2D eigenvalue weighted by atomic mass is 9.33. The van der Waals surface area contributed by atoms with Crippen LogP contribution in [0.15, 0.2) is 30.3 Å². The van der Waals surface area contributed by atoms with Gasteiger partial charge in [0.2, 0.25) is 5.91 Å². The number of fused-ring (bicyclic) bond motifs is 7. The summed E-state index contributed by atoms with van der Waals surface area (Å²) < 4.78 is 0. The predicted octanol–water partition coefficient (Wildman–Crippen LogP) is 9.26. The number of hydrogen-bond donors (Lipinski definition) is 2. The maximum absolute atomic E-state index is 12.6. The van der Waals surface area contributed by atoms with Gasteiger partial charge >= 0.3 is 5.97 Å². The third-order valence-electron chi connectivity index (χ3n) is 17.6. The Balaban J connectivity index is 1.10. The number of rotatable bonds is 8. The molecule has 0 spiro atoms. The maximum Gasteiger partial charge on any atom is 0.335 e. The minimum Gasteiger partial charge on any atom is -0.478 e. The third-order valence-corrected chi connectivity index (χ3v) is 17.6. The fourth-order valence-corrected chi connectivity index (χ4v) is 14.8. The molecule has 4 saturated carbocycles. The Labute approximate surface area is 315 Å². The van der Waals surface area contributed by atoms with Crippen molar-refractivity contribution >= 4 is 17.4 Å². The highest BCUT2D eigenvalue weighted by molar-refractivity contribution is 5.88. The average Bonchev–Trinajstić information content (AvgIpc) is 3.48. The summed E-state index contributed by atoms with van der Waals surface area (Å²) in [6, 6.07) is 7.66. The highest BCUT2D eigenvalue weighted by Gasteiger charge is 2.70. The van der Waals surface area contributed by atoms with E-state index in [9.17, 15) is 14.7 Å². The van der Waals surface area contributed by atoms with Crippen molar-refractivity contribution in [2.24, 2.45) is 63.1 Å².